The summed E-state index contributed by atoms with van der Waals surface area (Å²) in [4.78, 5) is 4.68. The highest BCUT2D eigenvalue weighted by atomic mass is 16.5. The molecule has 2 aromatic rings. The molecule has 0 bridgehead atoms. The lowest BCUT2D eigenvalue weighted by Crippen LogP contribution is -2.20. The van der Waals surface area contributed by atoms with Crippen molar-refractivity contribution in [2.75, 3.05) is 18.5 Å². The summed E-state index contributed by atoms with van der Waals surface area (Å²) in [5.74, 6) is 1.01. The van der Waals surface area contributed by atoms with Crippen LogP contribution in [0.5, 0.6) is 0 Å². The van der Waals surface area contributed by atoms with E-state index in [4.69, 9.17) is 4.74 Å². The molecule has 1 N–H and O–H groups in total. The van der Waals surface area contributed by atoms with Crippen molar-refractivity contribution in [1.29, 1.82) is 0 Å². The van der Waals surface area contributed by atoms with Crippen molar-refractivity contribution in [3.05, 3.63) is 23.0 Å². The summed E-state index contributed by atoms with van der Waals surface area (Å²) in [6.07, 6.45) is 3.55. The van der Waals surface area contributed by atoms with Gasteiger partial charge in [-0.15, -0.1) is 0 Å². The molecule has 5 heteroatoms. The second-order valence-corrected chi connectivity index (χ2v) is 5.45. The topological polar surface area (TPSA) is 51.5 Å². The molecule has 0 saturated carbocycles. The third kappa shape index (κ3) is 2.38. The normalized spacial score (nSPS) is 18.9. The van der Waals surface area contributed by atoms with E-state index in [0.717, 1.165) is 60.8 Å². The van der Waals surface area contributed by atoms with Gasteiger partial charge in [0.1, 0.15) is 5.82 Å². The second kappa shape index (κ2) is 5.40. The first kappa shape index (κ1) is 13.4. The maximum atomic E-state index is 5.66. The number of hydrogen-bond acceptors (Lipinski definition) is 4. The van der Waals surface area contributed by atoms with E-state index in [1.807, 2.05) is 11.4 Å². The van der Waals surface area contributed by atoms with Crippen LogP contribution in [0.3, 0.4) is 0 Å². The zero-order valence-electron chi connectivity index (χ0n) is 12.4. The van der Waals surface area contributed by atoms with Crippen molar-refractivity contribution in [3.63, 3.8) is 0 Å². The summed E-state index contributed by atoms with van der Waals surface area (Å²) in [5, 5.41) is 8.06. The molecule has 3 heterocycles. The molecule has 20 heavy (non-hydrogen) atoms. The number of hydrogen-bond donors (Lipinski definition) is 1. The standard InChI is InChI=1S/C15H22N4O/c1-4-12-8-14(16-9-13-6-5-7-20-13)19-15(17-12)10(2)11(3)18-19/h8,13,16H,4-7,9H2,1-3H3/t13-/m1/s1. The Morgan fingerprint density at radius 1 is 1.45 bits per heavy atom. The zero-order valence-corrected chi connectivity index (χ0v) is 12.4. The van der Waals surface area contributed by atoms with E-state index >= 15 is 0 Å². The van der Waals surface area contributed by atoms with E-state index in [0.29, 0.717) is 6.10 Å². The Hall–Kier alpha value is -1.62. The van der Waals surface area contributed by atoms with Gasteiger partial charge in [-0.2, -0.15) is 9.61 Å². The van der Waals surface area contributed by atoms with E-state index in [1.165, 1.54) is 0 Å². The summed E-state index contributed by atoms with van der Waals surface area (Å²) < 4.78 is 7.58. The molecule has 1 saturated heterocycles. The predicted octanol–water partition coefficient (Wildman–Crippen LogP) is 2.50. The molecule has 0 unspecified atom stereocenters. The van der Waals surface area contributed by atoms with Gasteiger partial charge in [-0.25, -0.2) is 4.98 Å². The number of ether oxygens (including phenoxy) is 1. The summed E-state index contributed by atoms with van der Waals surface area (Å²) in [5.41, 5.74) is 4.23. The maximum absolute atomic E-state index is 5.66. The fourth-order valence-corrected chi connectivity index (χ4v) is 2.61. The van der Waals surface area contributed by atoms with Crippen molar-refractivity contribution in [3.8, 4) is 0 Å². The molecule has 0 amide bonds. The minimum atomic E-state index is 0.320. The fraction of sp³-hybridized carbons (Fsp3) is 0.600. The molecule has 0 radical (unpaired) electrons. The highest BCUT2D eigenvalue weighted by Gasteiger charge is 2.17. The van der Waals surface area contributed by atoms with Gasteiger partial charge >= 0.3 is 0 Å². The maximum Gasteiger partial charge on any atom is 0.160 e. The van der Waals surface area contributed by atoms with Gasteiger partial charge in [-0.3, -0.25) is 0 Å². The number of fused-ring (bicyclic) bond motifs is 1. The molecule has 1 aliphatic heterocycles. The van der Waals surface area contributed by atoms with E-state index in [9.17, 15) is 0 Å². The average molecular weight is 274 g/mol. The smallest absolute Gasteiger partial charge is 0.160 e. The predicted molar refractivity (Wildman–Crippen MR) is 79.3 cm³/mol. The van der Waals surface area contributed by atoms with Gasteiger partial charge in [0, 0.05) is 30.5 Å². The average Bonchev–Trinajstić information content (AvgIpc) is 3.06. The summed E-state index contributed by atoms with van der Waals surface area (Å²) in [6, 6.07) is 2.09. The van der Waals surface area contributed by atoms with Gasteiger partial charge in [0.15, 0.2) is 5.65 Å². The van der Waals surface area contributed by atoms with Crippen LogP contribution in [0.2, 0.25) is 0 Å². The number of anilines is 1. The number of rotatable bonds is 4. The molecular weight excluding hydrogens is 252 g/mol. The van der Waals surface area contributed by atoms with Gasteiger partial charge in [-0.05, 0) is 33.1 Å². The number of nitrogens with one attached hydrogen (secondary N) is 1. The molecule has 0 aliphatic carbocycles. The highest BCUT2D eigenvalue weighted by molar-refractivity contribution is 5.56. The van der Waals surface area contributed by atoms with E-state index in [2.05, 4.69) is 35.3 Å². The van der Waals surface area contributed by atoms with Gasteiger partial charge in [-0.1, -0.05) is 6.92 Å². The van der Waals surface area contributed by atoms with Crippen molar-refractivity contribution in [1.82, 2.24) is 14.6 Å². The van der Waals surface area contributed by atoms with Gasteiger partial charge in [0.05, 0.1) is 11.8 Å². The van der Waals surface area contributed by atoms with Gasteiger partial charge < -0.3 is 10.1 Å². The quantitative estimate of drug-likeness (QED) is 0.930. The molecular formula is C15H22N4O. The summed E-state index contributed by atoms with van der Waals surface area (Å²) in [6.45, 7) is 7.95. The Morgan fingerprint density at radius 3 is 3.00 bits per heavy atom. The van der Waals surface area contributed by atoms with Crippen LogP contribution in [-0.2, 0) is 11.2 Å². The van der Waals surface area contributed by atoms with Crippen molar-refractivity contribution < 1.29 is 4.74 Å². The largest absolute Gasteiger partial charge is 0.376 e. The van der Waals surface area contributed by atoms with Gasteiger partial charge in [0.25, 0.3) is 0 Å². The van der Waals surface area contributed by atoms with Crippen LogP contribution in [0.15, 0.2) is 6.07 Å². The Kier molecular flexibility index (Phi) is 3.61. The van der Waals surface area contributed by atoms with Crippen LogP contribution in [0.1, 0.15) is 36.7 Å². The first-order valence-electron chi connectivity index (χ1n) is 7.40. The Balaban J connectivity index is 1.93. The molecule has 1 atom stereocenters. The first-order chi connectivity index (χ1) is 9.69. The number of aryl methyl sites for hydroxylation is 3. The molecule has 3 rings (SSSR count). The lowest BCUT2D eigenvalue weighted by atomic mass is 10.2. The molecule has 1 fully saturated rings. The van der Waals surface area contributed by atoms with Crippen LogP contribution in [-0.4, -0.2) is 33.9 Å². The lowest BCUT2D eigenvalue weighted by molar-refractivity contribution is 0.120. The summed E-state index contributed by atoms with van der Waals surface area (Å²) in [7, 11) is 0. The fourth-order valence-electron chi connectivity index (χ4n) is 2.61. The molecule has 5 nitrogen and oxygen atoms in total. The van der Waals surface area contributed by atoms with Crippen molar-refractivity contribution >= 4 is 11.5 Å². The van der Waals surface area contributed by atoms with Gasteiger partial charge in [0.2, 0.25) is 0 Å². The zero-order chi connectivity index (χ0) is 14.1. The monoisotopic (exact) mass is 274 g/mol. The number of nitrogens with zero attached hydrogens (tertiary/aromatic N) is 3. The van der Waals surface area contributed by atoms with E-state index < -0.39 is 0 Å². The Labute approximate surface area is 119 Å². The van der Waals surface area contributed by atoms with Crippen LogP contribution in [0, 0.1) is 13.8 Å². The molecule has 1 aliphatic rings. The molecule has 0 aromatic carbocycles. The minimum Gasteiger partial charge on any atom is -0.376 e. The van der Waals surface area contributed by atoms with Crippen molar-refractivity contribution in [2.24, 2.45) is 0 Å². The Bertz CT molecular complexity index is 614. The summed E-state index contributed by atoms with van der Waals surface area (Å²) >= 11 is 0. The van der Waals surface area contributed by atoms with E-state index in [-0.39, 0.29) is 0 Å². The third-order valence-corrected chi connectivity index (χ3v) is 4.01. The highest BCUT2D eigenvalue weighted by Crippen LogP contribution is 2.20. The van der Waals surface area contributed by atoms with Crippen LogP contribution in [0.25, 0.3) is 5.65 Å². The molecule has 108 valence electrons. The van der Waals surface area contributed by atoms with Crippen LogP contribution >= 0.6 is 0 Å². The number of aromatic nitrogens is 3. The lowest BCUT2D eigenvalue weighted by Gasteiger charge is -2.13. The second-order valence-electron chi connectivity index (χ2n) is 5.45. The van der Waals surface area contributed by atoms with Crippen LogP contribution in [0.4, 0.5) is 5.82 Å². The Morgan fingerprint density at radius 2 is 2.30 bits per heavy atom. The molecule has 2 aromatic heterocycles. The SMILES string of the molecule is CCc1cc(NC[C@H]2CCCO2)n2nc(C)c(C)c2n1. The third-order valence-electron chi connectivity index (χ3n) is 4.01. The van der Waals surface area contributed by atoms with E-state index in [1.54, 1.807) is 0 Å². The molecule has 0 spiro atoms. The first-order valence-corrected chi connectivity index (χ1v) is 7.40. The van der Waals surface area contributed by atoms with Crippen molar-refractivity contribution in [2.45, 2.75) is 46.1 Å². The minimum absolute atomic E-state index is 0.320. The van der Waals surface area contributed by atoms with Crippen LogP contribution < -0.4 is 5.32 Å².